The first-order chi connectivity index (χ1) is 30.1. The summed E-state index contributed by atoms with van der Waals surface area (Å²) in [6, 6.07) is 6.52. The van der Waals surface area contributed by atoms with Crippen LogP contribution in [0.25, 0.3) is 0 Å². The van der Waals surface area contributed by atoms with Crippen molar-refractivity contribution in [1.29, 1.82) is 0 Å². The van der Waals surface area contributed by atoms with Gasteiger partial charge in [-0.1, -0.05) is 55.1 Å². The Morgan fingerprint density at radius 1 is 0.778 bits per heavy atom. The van der Waals surface area contributed by atoms with Crippen LogP contribution in [0.3, 0.4) is 0 Å². The van der Waals surface area contributed by atoms with Crippen LogP contribution in [0, 0.1) is 0 Å². The number of nitrogens with zero attached hydrogens (tertiary/aromatic N) is 1. The van der Waals surface area contributed by atoms with Crippen LogP contribution in [0.4, 0.5) is 9.59 Å². The van der Waals surface area contributed by atoms with Crippen LogP contribution in [-0.2, 0) is 46.3 Å². The zero-order valence-corrected chi connectivity index (χ0v) is 35.9. The van der Waals surface area contributed by atoms with Gasteiger partial charge in [0.2, 0.25) is 29.5 Å². The molecule has 63 heavy (non-hydrogen) atoms. The van der Waals surface area contributed by atoms with Crippen LogP contribution in [0.1, 0.15) is 56.1 Å². The monoisotopic (exact) mass is 897 g/mol. The number of carbonyl (C=O) groups excluding carboxylic acids is 7. The summed E-state index contributed by atoms with van der Waals surface area (Å²) in [5.74, 6) is -4.97. The first-order valence-electron chi connectivity index (χ1n) is 20.6. The minimum Gasteiger partial charge on any atom is -0.508 e. The zero-order chi connectivity index (χ0) is 46.3. The standard InChI is InChI=1S/C42H59N9O11S/c1-2-22-62-42(61)46-19-7-6-12-30(48-36(54)31(13-8-20-45-41(44)60)47-35(53)29(43)25-63)37(55)49-32(23-27-15-17-28(52)18-16-27)38(56)50-33(24-26-10-4-3-5-11-26)39(57)51-21-9-14-34(51)40(58)59/h2-5,10-11,15-18,29-34,52,63H,1,6-9,12-14,19-25,43H2,(H,46,61)(H,47,53)(H,48,54)(H,49,55)(H,50,56)(H,58,59)(H3,44,45,60)/t29-,30-,31-,32-,33-,34-/m0/s1. The number of primary amides is 1. The van der Waals surface area contributed by atoms with Crippen LogP contribution in [-0.4, -0.2) is 131 Å². The van der Waals surface area contributed by atoms with Crippen molar-refractivity contribution in [1.82, 2.24) is 36.8 Å². The van der Waals surface area contributed by atoms with Crippen molar-refractivity contribution in [3.8, 4) is 5.75 Å². The Hall–Kier alpha value is -6.35. The van der Waals surface area contributed by atoms with E-state index in [2.05, 4.69) is 51.1 Å². The Morgan fingerprint density at radius 3 is 1.95 bits per heavy atom. The van der Waals surface area contributed by atoms with Gasteiger partial charge in [0.05, 0.1) is 6.04 Å². The number of phenols is 1. The lowest BCUT2D eigenvalue weighted by atomic mass is 10.0. The van der Waals surface area contributed by atoms with Gasteiger partial charge in [-0.25, -0.2) is 14.4 Å². The van der Waals surface area contributed by atoms with Crippen molar-refractivity contribution >= 4 is 60.3 Å². The number of hydrogen-bond acceptors (Lipinski definition) is 12. The van der Waals surface area contributed by atoms with E-state index in [1.807, 2.05) is 0 Å². The number of benzene rings is 2. The molecular formula is C42H59N9O11S. The van der Waals surface area contributed by atoms with E-state index in [0.29, 0.717) is 24.0 Å². The molecule has 344 valence electrons. The highest BCUT2D eigenvalue weighted by Gasteiger charge is 2.39. The highest BCUT2D eigenvalue weighted by Crippen LogP contribution is 2.20. The second-order valence-electron chi connectivity index (χ2n) is 14.9. The van der Waals surface area contributed by atoms with Gasteiger partial charge in [-0.15, -0.1) is 0 Å². The highest BCUT2D eigenvalue weighted by molar-refractivity contribution is 7.80. The molecule has 2 aromatic rings. The fourth-order valence-corrected chi connectivity index (χ4v) is 6.86. The number of phenolic OH excluding ortho intramolecular Hbond substituents is 1. The molecule has 1 saturated heterocycles. The SMILES string of the molecule is C=CCOC(=O)NCCCC[C@H](NC(=O)[C@H](CCCNC(N)=O)NC(=O)[C@@H](N)CS)C(=O)N[C@@H](Cc1ccc(O)cc1)C(=O)N[C@@H](Cc1ccccc1)C(=O)N1CCC[C@H]1C(=O)O. The third kappa shape index (κ3) is 17.9. The number of nitrogens with two attached hydrogens (primary N) is 2. The van der Waals surface area contributed by atoms with E-state index in [9.17, 15) is 48.6 Å². The van der Waals surface area contributed by atoms with Crippen molar-refractivity contribution in [2.24, 2.45) is 11.5 Å². The summed E-state index contributed by atoms with van der Waals surface area (Å²) >= 11 is 4.06. The lowest BCUT2D eigenvalue weighted by molar-refractivity contribution is -0.149. The van der Waals surface area contributed by atoms with E-state index in [0.717, 1.165) is 0 Å². The summed E-state index contributed by atoms with van der Waals surface area (Å²) in [6.07, 6.45) is 2.01. The normalized spacial score (nSPS) is 15.6. The summed E-state index contributed by atoms with van der Waals surface area (Å²) < 4.78 is 4.92. The summed E-state index contributed by atoms with van der Waals surface area (Å²) in [5, 5.41) is 35.5. The zero-order valence-electron chi connectivity index (χ0n) is 35.0. The van der Waals surface area contributed by atoms with E-state index in [1.54, 1.807) is 30.3 Å². The number of unbranched alkanes of at least 4 members (excludes halogenated alkanes) is 1. The molecule has 0 bridgehead atoms. The molecule has 1 fully saturated rings. The molecule has 0 aromatic heterocycles. The fourth-order valence-electron chi connectivity index (χ4n) is 6.70. The fraction of sp³-hybridized carbons (Fsp3) is 0.476. The van der Waals surface area contributed by atoms with Crippen molar-refractivity contribution in [2.45, 2.75) is 94.0 Å². The number of carboxylic acid groups (broad SMARTS) is 1. The number of nitrogens with one attached hydrogen (secondary N) is 6. The molecule has 2 aromatic carbocycles. The Labute approximate surface area is 371 Å². The average Bonchev–Trinajstić information content (AvgIpc) is 3.77. The molecule has 1 heterocycles. The lowest BCUT2D eigenvalue weighted by Gasteiger charge is -2.29. The summed E-state index contributed by atoms with van der Waals surface area (Å²) in [5.41, 5.74) is 12.2. The summed E-state index contributed by atoms with van der Waals surface area (Å²) in [6.45, 7) is 3.87. The summed E-state index contributed by atoms with van der Waals surface area (Å²) in [4.78, 5) is 106. The molecule has 1 aliphatic heterocycles. The first kappa shape index (κ1) is 51.0. The number of urea groups is 1. The molecule has 0 radical (unpaired) electrons. The van der Waals surface area contributed by atoms with Gasteiger partial charge in [-0.3, -0.25) is 24.0 Å². The molecule has 0 spiro atoms. The third-order valence-electron chi connectivity index (χ3n) is 10.0. The van der Waals surface area contributed by atoms with Gasteiger partial charge in [0.15, 0.2) is 0 Å². The van der Waals surface area contributed by atoms with E-state index >= 15 is 0 Å². The lowest BCUT2D eigenvalue weighted by Crippen LogP contribution is -2.60. The number of likely N-dealkylation sites (tertiary alicyclic amines) is 1. The van der Waals surface area contributed by atoms with Crippen LogP contribution in [0.5, 0.6) is 5.75 Å². The Kier molecular flexibility index (Phi) is 21.8. The van der Waals surface area contributed by atoms with E-state index < -0.39 is 83.9 Å². The van der Waals surface area contributed by atoms with Crippen LogP contribution >= 0.6 is 12.6 Å². The molecule has 0 aliphatic carbocycles. The van der Waals surface area contributed by atoms with Gasteiger partial charge in [0, 0.05) is 38.2 Å². The number of amides is 8. The van der Waals surface area contributed by atoms with Gasteiger partial charge in [0.1, 0.15) is 42.6 Å². The number of aromatic hydroxyl groups is 1. The van der Waals surface area contributed by atoms with E-state index in [-0.39, 0.29) is 82.7 Å². The largest absolute Gasteiger partial charge is 0.508 e. The third-order valence-corrected chi connectivity index (χ3v) is 10.4. The maximum Gasteiger partial charge on any atom is 0.407 e. The quantitative estimate of drug-likeness (QED) is 0.0338. The van der Waals surface area contributed by atoms with Gasteiger partial charge in [0.25, 0.3) is 0 Å². The molecule has 21 heteroatoms. The number of thiol groups is 1. The molecule has 3 rings (SSSR count). The van der Waals surface area contributed by atoms with Crippen LogP contribution in [0.15, 0.2) is 67.3 Å². The molecule has 8 amide bonds. The minimum absolute atomic E-state index is 0.000916. The highest BCUT2D eigenvalue weighted by atomic mass is 32.1. The average molecular weight is 898 g/mol. The molecule has 1 aliphatic rings. The number of carboxylic acids is 1. The minimum atomic E-state index is -1.38. The van der Waals surface area contributed by atoms with Gasteiger partial charge < -0.3 is 63.2 Å². The molecule has 6 atom stereocenters. The van der Waals surface area contributed by atoms with E-state index in [4.69, 9.17) is 16.2 Å². The topological polar surface area (TPSA) is 314 Å². The second-order valence-corrected chi connectivity index (χ2v) is 15.2. The predicted molar refractivity (Wildman–Crippen MR) is 234 cm³/mol. The number of hydrogen-bond donors (Lipinski definition) is 11. The van der Waals surface area contributed by atoms with Gasteiger partial charge in [-0.2, -0.15) is 12.6 Å². The maximum atomic E-state index is 14.4. The smallest absolute Gasteiger partial charge is 0.407 e. The molecule has 0 unspecified atom stereocenters. The molecule has 0 saturated carbocycles. The van der Waals surface area contributed by atoms with Crippen LogP contribution < -0.4 is 43.4 Å². The summed E-state index contributed by atoms with van der Waals surface area (Å²) in [7, 11) is 0. The number of aliphatic carboxylic acids is 1. The molecular weight excluding hydrogens is 839 g/mol. The predicted octanol–water partition coefficient (Wildman–Crippen LogP) is -0.0197. The Bertz CT molecular complexity index is 1870. The van der Waals surface area contributed by atoms with Crippen molar-refractivity contribution in [2.75, 3.05) is 32.0 Å². The first-order valence-corrected chi connectivity index (χ1v) is 21.2. The Morgan fingerprint density at radius 2 is 1.33 bits per heavy atom. The van der Waals surface area contributed by atoms with Crippen LogP contribution in [0.2, 0.25) is 0 Å². The number of carbonyl (C=O) groups is 8. The van der Waals surface area contributed by atoms with Gasteiger partial charge in [-0.05, 0) is 68.2 Å². The Balaban J connectivity index is 1.94. The maximum absolute atomic E-state index is 14.4. The van der Waals surface area contributed by atoms with Crippen molar-refractivity contribution < 1.29 is 53.3 Å². The number of alkyl carbamates (subject to hydrolysis) is 1. The molecule has 12 N–H and O–H groups in total. The van der Waals surface area contributed by atoms with Gasteiger partial charge >= 0.3 is 18.1 Å². The molecule has 20 nitrogen and oxygen atoms in total. The number of rotatable bonds is 26. The van der Waals surface area contributed by atoms with Crippen molar-refractivity contribution in [3.63, 3.8) is 0 Å². The van der Waals surface area contributed by atoms with Crippen molar-refractivity contribution in [3.05, 3.63) is 78.4 Å². The number of ether oxygens (including phenoxy) is 1. The van der Waals surface area contributed by atoms with E-state index in [1.165, 1.54) is 35.2 Å². The second kappa shape index (κ2) is 26.9.